The standard InChI is InChI=1S/C11H22.C10H20.2C9H18/c1-5-11-9(3)6-8(2)7-10(11)4;1-4-10-6-5-8(2)7-9(10)3;1-3-9-6-4-8(2)5-7-9;1-3-9-7-5-4-6-8(9)2/h8-11H,5-7H2,1-4H3;8-10H,4-7H2,1-3H3;2*8-9H,3-7H2,1-2H3. The second-order valence-electron chi connectivity index (χ2n) is 15.6. The van der Waals surface area contributed by atoms with Crippen LogP contribution in [0.5, 0.6) is 0 Å². The molecule has 234 valence electrons. The summed E-state index contributed by atoms with van der Waals surface area (Å²) in [5, 5.41) is 0. The molecule has 7 unspecified atom stereocenters. The molecule has 7 atom stereocenters. The van der Waals surface area contributed by atoms with Gasteiger partial charge >= 0.3 is 0 Å². The monoisotopic (exact) mass is 547 g/mol. The minimum atomic E-state index is 0.971. The highest BCUT2D eigenvalue weighted by atomic mass is 14.3. The van der Waals surface area contributed by atoms with E-state index in [0.717, 1.165) is 65.1 Å². The molecule has 39 heavy (non-hydrogen) atoms. The van der Waals surface area contributed by atoms with Crippen LogP contribution in [0.4, 0.5) is 0 Å². The molecule has 0 nitrogen and oxygen atoms in total. The van der Waals surface area contributed by atoms with Gasteiger partial charge in [-0.15, -0.1) is 0 Å². The van der Waals surface area contributed by atoms with Crippen LogP contribution in [0, 0.1) is 65.1 Å². The lowest BCUT2D eigenvalue weighted by Crippen LogP contribution is -2.28. The van der Waals surface area contributed by atoms with Crippen LogP contribution in [-0.2, 0) is 0 Å². The molecule has 0 N–H and O–H groups in total. The molecule has 4 rings (SSSR count). The maximum atomic E-state index is 2.43. The summed E-state index contributed by atoms with van der Waals surface area (Å²) in [6.45, 7) is 26.2. The van der Waals surface area contributed by atoms with Crippen LogP contribution in [0.3, 0.4) is 0 Å². The largest absolute Gasteiger partial charge is 0.0651 e. The Morgan fingerprint density at radius 2 is 0.872 bits per heavy atom. The third-order valence-electron chi connectivity index (χ3n) is 12.1. The minimum absolute atomic E-state index is 0.971. The highest BCUT2D eigenvalue weighted by Crippen LogP contribution is 2.39. The van der Waals surface area contributed by atoms with Crippen molar-refractivity contribution in [3.63, 3.8) is 0 Å². The fourth-order valence-electron chi connectivity index (χ4n) is 9.15. The van der Waals surface area contributed by atoms with E-state index in [4.69, 9.17) is 0 Å². The van der Waals surface area contributed by atoms with Crippen molar-refractivity contribution in [2.24, 2.45) is 65.1 Å². The van der Waals surface area contributed by atoms with Gasteiger partial charge in [0.1, 0.15) is 0 Å². The van der Waals surface area contributed by atoms with Gasteiger partial charge in [-0.2, -0.15) is 0 Å². The Balaban J connectivity index is 0.000000261. The molecule has 4 aliphatic rings. The Labute approximate surface area is 250 Å². The van der Waals surface area contributed by atoms with E-state index in [-0.39, 0.29) is 0 Å². The third kappa shape index (κ3) is 14.6. The van der Waals surface area contributed by atoms with E-state index in [9.17, 15) is 0 Å². The first-order valence-electron chi connectivity index (χ1n) is 18.6. The van der Waals surface area contributed by atoms with Crippen molar-refractivity contribution in [3.05, 3.63) is 0 Å². The molecule has 0 heterocycles. The molecule has 4 aliphatic carbocycles. The molecule has 0 heteroatoms. The molecule has 0 bridgehead atoms. The molecule has 4 fully saturated rings. The Hall–Kier alpha value is 0. The summed E-state index contributed by atoms with van der Waals surface area (Å²) in [5.41, 5.74) is 0. The average Bonchev–Trinajstić information content (AvgIpc) is 2.90. The van der Waals surface area contributed by atoms with E-state index >= 15 is 0 Å². The highest BCUT2D eigenvalue weighted by molar-refractivity contribution is 4.79. The van der Waals surface area contributed by atoms with E-state index in [1.807, 2.05) is 0 Å². The SMILES string of the molecule is CCC1C(C)CC(C)CC1C.CCC1CCC(C)CC1.CCC1CCC(C)CC1C.CCC1CCCCC1C. The van der Waals surface area contributed by atoms with Crippen LogP contribution in [0.25, 0.3) is 0 Å². The van der Waals surface area contributed by atoms with Crippen LogP contribution in [0.15, 0.2) is 0 Å². The van der Waals surface area contributed by atoms with Crippen LogP contribution >= 0.6 is 0 Å². The highest BCUT2D eigenvalue weighted by Gasteiger charge is 2.29. The normalized spacial score (nSPS) is 40.5. The summed E-state index contributed by atoms with van der Waals surface area (Å²) in [6, 6.07) is 0. The first kappa shape index (κ1) is 37.0. The molecule has 0 amide bonds. The molecule has 0 aromatic rings. The fraction of sp³-hybridized carbons (Fsp3) is 1.00. The first-order valence-corrected chi connectivity index (χ1v) is 18.6. The maximum absolute atomic E-state index is 2.43. The third-order valence-corrected chi connectivity index (χ3v) is 12.1. The second-order valence-corrected chi connectivity index (χ2v) is 15.6. The van der Waals surface area contributed by atoms with E-state index in [2.05, 4.69) is 76.2 Å². The predicted molar refractivity (Wildman–Crippen MR) is 179 cm³/mol. The first-order chi connectivity index (χ1) is 18.6. The number of hydrogen-bond acceptors (Lipinski definition) is 0. The summed E-state index contributed by atoms with van der Waals surface area (Å²) >= 11 is 0. The molecule has 0 aromatic heterocycles. The molecule has 0 spiro atoms. The van der Waals surface area contributed by atoms with E-state index in [0.29, 0.717) is 0 Å². The van der Waals surface area contributed by atoms with Gasteiger partial charge in [0.25, 0.3) is 0 Å². The van der Waals surface area contributed by atoms with Crippen molar-refractivity contribution in [2.45, 2.75) is 185 Å². The summed E-state index contributed by atoms with van der Waals surface area (Å²) in [7, 11) is 0. The Kier molecular flexibility index (Phi) is 19.8. The molecule has 0 aliphatic heterocycles. The fourth-order valence-corrected chi connectivity index (χ4v) is 9.15. The molecule has 4 saturated carbocycles. The summed E-state index contributed by atoms with van der Waals surface area (Å²) in [6.07, 6.45) is 24.9. The topological polar surface area (TPSA) is 0 Å². The van der Waals surface area contributed by atoms with Crippen molar-refractivity contribution < 1.29 is 0 Å². The van der Waals surface area contributed by atoms with Gasteiger partial charge in [0.2, 0.25) is 0 Å². The van der Waals surface area contributed by atoms with Gasteiger partial charge in [-0.05, 0) is 90.8 Å². The van der Waals surface area contributed by atoms with Gasteiger partial charge in [-0.1, -0.05) is 160 Å². The van der Waals surface area contributed by atoms with Crippen molar-refractivity contribution in [2.75, 3.05) is 0 Å². The molecule has 0 radical (unpaired) electrons. The lowest BCUT2D eigenvalue weighted by atomic mass is 9.69. The van der Waals surface area contributed by atoms with Crippen LogP contribution < -0.4 is 0 Å². The molecule has 0 saturated heterocycles. The zero-order chi connectivity index (χ0) is 29.4. The van der Waals surface area contributed by atoms with Crippen LogP contribution in [0.1, 0.15) is 185 Å². The van der Waals surface area contributed by atoms with E-state index in [1.165, 1.54) is 109 Å². The van der Waals surface area contributed by atoms with Gasteiger partial charge in [-0.25, -0.2) is 0 Å². The Bertz CT molecular complexity index is 544. The molecular weight excluding hydrogens is 468 g/mol. The smallest absolute Gasteiger partial charge is 0.0365 e. The minimum Gasteiger partial charge on any atom is -0.0651 e. The Morgan fingerprint density at radius 1 is 0.385 bits per heavy atom. The zero-order valence-corrected chi connectivity index (χ0v) is 29.4. The van der Waals surface area contributed by atoms with Crippen molar-refractivity contribution in [1.29, 1.82) is 0 Å². The predicted octanol–water partition coefficient (Wildman–Crippen LogP) is 13.6. The van der Waals surface area contributed by atoms with Gasteiger partial charge < -0.3 is 0 Å². The summed E-state index contributed by atoms with van der Waals surface area (Å²) < 4.78 is 0. The van der Waals surface area contributed by atoms with Crippen LogP contribution in [0.2, 0.25) is 0 Å². The van der Waals surface area contributed by atoms with Gasteiger partial charge in [0.05, 0.1) is 0 Å². The molecule has 0 aromatic carbocycles. The second kappa shape index (κ2) is 20.8. The van der Waals surface area contributed by atoms with Crippen LogP contribution in [-0.4, -0.2) is 0 Å². The van der Waals surface area contributed by atoms with Gasteiger partial charge in [0.15, 0.2) is 0 Å². The quantitative estimate of drug-likeness (QED) is 0.329. The summed E-state index contributed by atoms with van der Waals surface area (Å²) in [4.78, 5) is 0. The van der Waals surface area contributed by atoms with Crippen molar-refractivity contribution in [1.82, 2.24) is 0 Å². The van der Waals surface area contributed by atoms with Gasteiger partial charge in [-0.3, -0.25) is 0 Å². The lowest BCUT2D eigenvalue weighted by Gasteiger charge is -2.37. The maximum Gasteiger partial charge on any atom is -0.0365 e. The lowest BCUT2D eigenvalue weighted by molar-refractivity contribution is 0.132. The Morgan fingerprint density at radius 3 is 1.31 bits per heavy atom. The van der Waals surface area contributed by atoms with Crippen molar-refractivity contribution in [3.8, 4) is 0 Å². The number of rotatable bonds is 4. The summed E-state index contributed by atoms with van der Waals surface area (Å²) in [5.74, 6) is 11.1. The van der Waals surface area contributed by atoms with E-state index < -0.39 is 0 Å². The van der Waals surface area contributed by atoms with Crippen molar-refractivity contribution >= 4 is 0 Å². The molecular formula is C39H78. The van der Waals surface area contributed by atoms with E-state index in [1.54, 1.807) is 0 Å². The zero-order valence-electron chi connectivity index (χ0n) is 29.4. The number of hydrogen-bond donors (Lipinski definition) is 0. The average molecular weight is 547 g/mol. The van der Waals surface area contributed by atoms with Gasteiger partial charge in [0, 0.05) is 0 Å².